The van der Waals surface area contributed by atoms with Gasteiger partial charge in [0.05, 0.1) is 12.6 Å². The van der Waals surface area contributed by atoms with Crippen LogP contribution < -0.4 is 5.32 Å². The third kappa shape index (κ3) is 3.19. The van der Waals surface area contributed by atoms with Gasteiger partial charge in [-0.3, -0.25) is 0 Å². The van der Waals surface area contributed by atoms with Gasteiger partial charge >= 0.3 is 0 Å². The van der Waals surface area contributed by atoms with Gasteiger partial charge in [0.2, 0.25) is 0 Å². The summed E-state index contributed by atoms with van der Waals surface area (Å²) in [5.41, 5.74) is 2.63. The molecule has 1 aromatic carbocycles. The Bertz CT molecular complexity index is 670. The highest BCUT2D eigenvalue weighted by atomic mass is 32.1. The monoisotopic (exact) mass is 317 g/mol. The van der Waals surface area contributed by atoms with E-state index in [4.69, 9.17) is 4.74 Å². The molecule has 2 nitrogen and oxygen atoms in total. The van der Waals surface area contributed by atoms with E-state index in [1.54, 1.807) is 7.11 Å². The van der Waals surface area contributed by atoms with E-state index in [-0.39, 0.29) is 6.04 Å². The molecular formula is C17H19NOS2. The van der Waals surface area contributed by atoms with Crippen LogP contribution in [0.4, 0.5) is 0 Å². The van der Waals surface area contributed by atoms with E-state index >= 15 is 0 Å². The molecule has 4 heteroatoms. The van der Waals surface area contributed by atoms with Crippen LogP contribution in [0.5, 0.6) is 0 Å². The number of rotatable bonds is 6. The lowest BCUT2D eigenvalue weighted by atomic mass is 10.0. The number of methoxy groups -OCH3 is 1. The van der Waals surface area contributed by atoms with Crippen molar-refractivity contribution in [3.05, 3.63) is 57.8 Å². The number of thiophene rings is 2. The van der Waals surface area contributed by atoms with E-state index in [1.807, 2.05) is 29.7 Å². The molecule has 0 aliphatic rings. The fraction of sp³-hybridized carbons (Fsp3) is 0.294. The van der Waals surface area contributed by atoms with Crippen LogP contribution in [0.1, 0.15) is 22.0 Å². The summed E-state index contributed by atoms with van der Waals surface area (Å²) >= 11 is 3.69. The smallest absolute Gasteiger partial charge is 0.0669 e. The van der Waals surface area contributed by atoms with Crippen LogP contribution in [0.25, 0.3) is 9.40 Å². The van der Waals surface area contributed by atoms with Gasteiger partial charge < -0.3 is 10.1 Å². The average molecular weight is 317 g/mol. The summed E-state index contributed by atoms with van der Waals surface area (Å²) in [6.45, 7) is 0.774. The Kier molecular flexibility index (Phi) is 4.70. The maximum absolute atomic E-state index is 5.13. The zero-order valence-corrected chi connectivity index (χ0v) is 13.9. The quantitative estimate of drug-likeness (QED) is 0.725. The minimum atomic E-state index is 0.270. The summed E-state index contributed by atoms with van der Waals surface area (Å²) in [5.74, 6) is 0. The number of ether oxygens (including phenoxy) is 1. The molecule has 0 fully saturated rings. The Hall–Kier alpha value is -1.20. The maximum atomic E-state index is 5.13. The van der Waals surface area contributed by atoms with Crippen LogP contribution in [0.2, 0.25) is 0 Å². The van der Waals surface area contributed by atoms with Crippen molar-refractivity contribution < 1.29 is 4.74 Å². The van der Waals surface area contributed by atoms with Gasteiger partial charge in [0.1, 0.15) is 0 Å². The van der Waals surface area contributed by atoms with Gasteiger partial charge in [0.25, 0.3) is 0 Å². The van der Waals surface area contributed by atoms with Crippen LogP contribution in [0, 0.1) is 0 Å². The normalized spacial score (nSPS) is 12.9. The molecule has 0 aliphatic carbocycles. The number of nitrogens with one attached hydrogen (secondary N) is 1. The van der Waals surface area contributed by atoms with Gasteiger partial charge in [0, 0.05) is 21.4 Å². The lowest BCUT2D eigenvalue weighted by Crippen LogP contribution is -2.16. The molecule has 0 saturated carbocycles. The first-order valence-electron chi connectivity index (χ1n) is 7.04. The molecule has 0 amide bonds. The van der Waals surface area contributed by atoms with Crippen LogP contribution in [-0.4, -0.2) is 20.8 Å². The molecule has 3 aromatic rings. The van der Waals surface area contributed by atoms with Crippen molar-refractivity contribution in [3.63, 3.8) is 0 Å². The van der Waals surface area contributed by atoms with Gasteiger partial charge in [0.15, 0.2) is 0 Å². The molecule has 0 bridgehead atoms. The molecule has 0 radical (unpaired) electrons. The summed E-state index contributed by atoms with van der Waals surface area (Å²) in [6, 6.07) is 13.6. The lowest BCUT2D eigenvalue weighted by molar-refractivity contribution is 0.202. The second-order valence-corrected chi connectivity index (χ2v) is 7.07. The largest absolute Gasteiger partial charge is 0.384 e. The second-order valence-electron chi connectivity index (χ2n) is 5.00. The van der Waals surface area contributed by atoms with E-state index in [0.29, 0.717) is 0 Å². The van der Waals surface area contributed by atoms with Crippen LogP contribution in [0.15, 0.2) is 41.8 Å². The summed E-state index contributed by atoms with van der Waals surface area (Å²) in [5, 5.41) is 5.60. The fourth-order valence-corrected chi connectivity index (χ4v) is 4.75. The molecule has 3 rings (SSSR count). The maximum Gasteiger partial charge on any atom is 0.0669 e. The van der Waals surface area contributed by atoms with E-state index in [9.17, 15) is 0 Å². The van der Waals surface area contributed by atoms with E-state index in [2.05, 4.69) is 47.1 Å². The van der Waals surface area contributed by atoms with Gasteiger partial charge in [-0.2, -0.15) is 0 Å². The Balaban J connectivity index is 1.83. The molecule has 0 spiro atoms. The first-order valence-corrected chi connectivity index (χ1v) is 8.73. The van der Waals surface area contributed by atoms with Gasteiger partial charge in [-0.15, -0.1) is 22.7 Å². The fourth-order valence-electron chi connectivity index (χ4n) is 2.50. The summed E-state index contributed by atoms with van der Waals surface area (Å²) in [7, 11) is 3.77. The predicted molar refractivity (Wildman–Crippen MR) is 92.6 cm³/mol. The Labute approximate surface area is 133 Å². The molecule has 0 saturated heterocycles. The second kappa shape index (κ2) is 6.71. The first-order chi connectivity index (χ1) is 10.3. The van der Waals surface area contributed by atoms with Crippen LogP contribution in [0.3, 0.4) is 0 Å². The van der Waals surface area contributed by atoms with Crippen LogP contribution in [-0.2, 0) is 11.2 Å². The minimum Gasteiger partial charge on any atom is -0.384 e. The highest BCUT2D eigenvalue weighted by Gasteiger charge is 2.15. The Morgan fingerprint density at radius 3 is 2.62 bits per heavy atom. The SMILES string of the molecule is CNC(c1ccc(CCOC)cc1)c1cc2sccc2s1. The third-order valence-corrected chi connectivity index (χ3v) is 5.80. The van der Waals surface area contributed by atoms with E-state index in [1.165, 1.54) is 25.4 Å². The average Bonchev–Trinajstić information content (AvgIpc) is 3.09. The van der Waals surface area contributed by atoms with Crippen molar-refractivity contribution in [1.82, 2.24) is 5.32 Å². The zero-order valence-electron chi connectivity index (χ0n) is 12.3. The summed E-state index contributed by atoms with van der Waals surface area (Å²) in [4.78, 5) is 1.38. The molecule has 2 heterocycles. The topological polar surface area (TPSA) is 21.3 Å². The molecule has 110 valence electrons. The zero-order chi connectivity index (χ0) is 14.7. The molecule has 1 N–H and O–H groups in total. The number of fused-ring (bicyclic) bond motifs is 1. The van der Waals surface area contributed by atoms with Crippen molar-refractivity contribution in [3.8, 4) is 0 Å². The van der Waals surface area contributed by atoms with Gasteiger partial charge in [-0.05, 0) is 42.1 Å². The van der Waals surface area contributed by atoms with Gasteiger partial charge in [-0.1, -0.05) is 24.3 Å². The van der Waals surface area contributed by atoms with Crippen LogP contribution >= 0.6 is 22.7 Å². The highest BCUT2D eigenvalue weighted by molar-refractivity contribution is 7.27. The van der Waals surface area contributed by atoms with Crippen molar-refractivity contribution in [1.29, 1.82) is 0 Å². The highest BCUT2D eigenvalue weighted by Crippen LogP contribution is 2.35. The number of hydrogen-bond acceptors (Lipinski definition) is 4. The van der Waals surface area contributed by atoms with E-state index in [0.717, 1.165) is 13.0 Å². The molecule has 1 unspecified atom stereocenters. The number of hydrogen-bond donors (Lipinski definition) is 1. The van der Waals surface area contributed by atoms with Crippen molar-refractivity contribution in [2.75, 3.05) is 20.8 Å². The van der Waals surface area contributed by atoms with E-state index < -0.39 is 0 Å². The third-order valence-electron chi connectivity index (χ3n) is 3.64. The van der Waals surface area contributed by atoms with Gasteiger partial charge in [-0.25, -0.2) is 0 Å². The summed E-state index contributed by atoms with van der Waals surface area (Å²) in [6.07, 6.45) is 0.968. The molecule has 2 aromatic heterocycles. The van der Waals surface area contributed by atoms with Crippen molar-refractivity contribution >= 4 is 32.1 Å². The minimum absolute atomic E-state index is 0.270. The first kappa shape index (κ1) is 14.7. The molecule has 0 aliphatic heterocycles. The standard InChI is InChI=1S/C17H19NOS2/c1-18-17(16-11-15-14(21-16)8-10-20-15)13-5-3-12(4-6-13)7-9-19-2/h3-6,8,10-11,17-18H,7,9H2,1-2H3. The molecule has 21 heavy (non-hydrogen) atoms. The molecule has 1 atom stereocenters. The molecular weight excluding hydrogens is 298 g/mol. The van der Waals surface area contributed by atoms with Crippen molar-refractivity contribution in [2.24, 2.45) is 0 Å². The summed E-state index contributed by atoms with van der Waals surface area (Å²) < 4.78 is 7.89. The lowest BCUT2D eigenvalue weighted by Gasteiger charge is -2.15. The number of benzene rings is 1. The predicted octanol–water partition coefficient (Wildman–Crippen LogP) is 4.46. The Morgan fingerprint density at radius 2 is 1.95 bits per heavy atom. The van der Waals surface area contributed by atoms with Crippen molar-refractivity contribution in [2.45, 2.75) is 12.5 Å². The Morgan fingerprint density at radius 1 is 1.14 bits per heavy atom.